The highest BCUT2D eigenvalue weighted by molar-refractivity contribution is 9.12. The Morgan fingerprint density at radius 1 is 1.25 bits per heavy atom. The van der Waals surface area contributed by atoms with E-state index in [1.807, 2.05) is 32.9 Å². The number of benzene rings is 1. The zero-order valence-corrected chi connectivity index (χ0v) is 17.3. The lowest BCUT2D eigenvalue weighted by Gasteiger charge is -2.63. The molecule has 2 aliphatic rings. The summed E-state index contributed by atoms with van der Waals surface area (Å²) in [5.74, 6) is -0.223. The van der Waals surface area contributed by atoms with Crippen LogP contribution in [0.5, 0.6) is 0 Å². The zero-order chi connectivity index (χ0) is 17.8. The minimum atomic E-state index is -0.456. The third-order valence-electron chi connectivity index (χ3n) is 4.66. The van der Waals surface area contributed by atoms with Gasteiger partial charge in [0.15, 0.2) is 0 Å². The van der Waals surface area contributed by atoms with Crippen LogP contribution in [0.4, 0.5) is 9.18 Å². The molecule has 2 fully saturated rings. The molecule has 6 heteroatoms. The molecule has 1 aromatic rings. The largest absolute Gasteiger partial charge is 0.444 e. The summed E-state index contributed by atoms with van der Waals surface area (Å²) in [4.78, 5) is 14.0. The predicted octanol–water partition coefficient (Wildman–Crippen LogP) is 5.43. The van der Waals surface area contributed by atoms with E-state index < -0.39 is 5.60 Å². The van der Waals surface area contributed by atoms with E-state index in [1.165, 1.54) is 12.1 Å². The van der Waals surface area contributed by atoms with Gasteiger partial charge in [0.05, 0.1) is 4.83 Å². The van der Waals surface area contributed by atoms with Gasteiger partial charge in [0.25, 0.3) is 0 Å². The summed E-state index contributed by atoms with van der Waals surface area (Å²) in [7, 11) is 0. The maximum absolute atomic E-state index is 13.1. The van der Waals surface area contributed by atoms with Gasteiger partial charge < -0.3 is 9.64 Å². The number of rotatable bonds is 2. The molecule has 1 atom stereocenters. The summed E-state index contributed by atoms with van der Waals surface area (Å²) in [5, 5.41) is 0. The van der Waals surface area contributed by atoms with Gasteiger partial charge in [0, 0.05) is 22.8 Å². The van der Waals surface area contributed by atoms with E-state index in [2.05, 4.69) is 31.9 Å². The van der Waals surface area contributed by atoms with Crippen LogP contribution in [-0.4, -0.2) is 34.0 Å². The number of nitrogens with zero attached hydrogens (tertiary/aromatic N) is 1. The number of carbonyl (C=O) groups excluding carboxylic acids is 1. The Labute approximate surface area is 159 Å². The van der Waals surface area contributed by atoms with Crippen molar-refractivity contribution in [1.29, 1.82) is 0 Å². The van der Waals surface area contributed by atoms with Crippen molar-refractivity contribution in [2.24, 2.45) is 5.41 Å². The monoisotopic (exact) mass is 461 g/mol. The number of alkyl halides is 2. The van der Waals surface area contributed by atoms with Crippen molar-refractivity contribution in [3.8, 4) is 0 Å². The zero-order valence-electron chi connectivity index (χ0n) is 14.1. The van der Waals surface area contributed by atoms with Crippen LogP contribution in [0, 0.1) is 11.2 Å². The van der Waals surface area contributed by atoms with E-state index in [1.54, 1.807) is 4.90 Å². The molecular weight excluding hydrogens is 441 g/mol. The highest BCUT2D eigenvalue weighted by Crippen LogP contribution is 2.64. The van der Waals surface area contributed by atoms with Crippen molar-refractivity contribution in [1.82, 2.24) is 4.90 Å². The molecule has 1 amide bonds. The fourth-order valence-electron chi connectivity index (χ4n) is 3.75. The number of halogens is 3. The summed E-state index contributed by atoms with van der Waals surface area (Å²) in [6, 6.07) is 6.61. The standard InChI is InChI=1S/C18H22Br2FNO2/c1-16(2,3)24-15(23)22-10-17(11-22)8-18(20,9-17)14(19)12-4-6-13(21)7-5-12/h4-7,14H,8-11H2,1-3H3. The maximum atomic E-state index is 13.1. The van der Waals surface area contributed by atoms with Gasteiger partial charge in [-0.2, -0.15) is 0 Å². The summed E-state index contributed by atoms with van der Waals surface area (Å²) in [6.45, 7) is 7.14. The number of hydrogen-bond donors (Lipinski definition) is 0. The first-order valence-corrected chi connectivity index (χ1v) is 9.79. The Bertz CT molecular complexity index is 627. The first-order chi connectivity index (χ1) is 11.0. The molecule has 1 saturated carbocycles. The molecular formula is C18H22Br2FNO2. The third-order valence-corrected chi connectivity index (χ3v) is 7.70. The predicted molar refractivity (Wildman–Crippen MR) is 99.2 cm³/mol. The van der Waals surface area contributed by atoms with Crippen LogP contribution in [0.1, 0.15) is 44.0 Å². The van der Waals surface area contributed by atoms with Crippen molar-refractivity contribution in [2.75, 3.05) is 13.1 Å². The molecule has 1 saturated heterocycles. The minimum absolute atomic E-state index is 0.0507. The molecule has 1 aliphatic heterocycles. The highest BCUT2D eigenvalue weighted by Gasteiger charge is 2.62. The normalized spacial score (nSPS) is 22.5. The maximum Gasteiger partial charge on any atom is 0.410 e. The van der Waals surface area contributed by atoms with E-state index >= 15 is 0 Å². The van der Waals surface area contributed by atoms with Gasteiger partial charge in [-0.25, -0.2) is 9.18 Å². The Morgan fingerprint density at radius 3 is 2.29 bits per heavy atom. The minimum Gasteiger partial charge on any atom is -0.444 e. The van der Waals surface area contributed by atoms with Gasteiger partial charge in [-0.15, -0.1) is 0 Å². The van der Waals surface area contributed by atoms with Crippen LogP contribution in [0.25, 0.3) is 0 Å². The van der Waals surface area contributed by atoms with Crippen molar-refractivity contribution >= 4 is 38.0 Å². The molecule has 0 N–H and O–H groups in total. The van der Waals surface area contributed by atoms with E-state index in [4.69, 9.17) is 4.74 Å². The molecule has 0 radical (unpaired) electrons. The van der Waals surface area contributed by atoms with Crippen LogP contribution in [0.15, 0.2) is 24.3 Å². The number of ether oxygens (including phenoxy) is 1. The molecule has 1 aromatic carbocycles. The molecule has 0 aromatic heterocycles. The van der Waals surface area contributed by atoms with E-state index in [-0.39, 0.29) is 26.5 Å². The van der Waals surface area contributed by atoms with E-state index in [0.29, 0.717) is 0 Å². The van der Waals surface area contributed by atoms with E-state index in [0.717, 1.165) is 31.5 Å². The summed E-state index contributed by atoms with van der Waals surface area (Å²) >= 11 is 7.63. The van der Waals surface area contributed by atoms with Gasteiger partial charge in [0.2, 0.25) is 0 Å². The second kappa shape index (κ2) is 5.97. The lowest BCUT2D eigenvalue weighted by atomic mass is 9.56. The Balaban J connectivity index is 1.55. The Kier molecular flexibility index (Phi) is 4.53. The number of carbonyl (C=O) groups is 1. The van der Waals surface area contributed by atoms with Crippen LogP contribution in [0.3, 0.4) is 0 Å². The quantitative estimate of drug-likeness (QED) is 0.548. The third kappa shape index (κ3) is 3.50. The van der Waals surface area contributed by atoms with Crippen molar-refractivity contribution < 1.29 is 13.9 Å². The fraction of sp³-hybridized carbons (Fsp3) is 0.611. The Morgan fingerprint density at radius 2 is 1.79 bits per heavy atom. The average molecular weight is 463 g/mol. The summed E-state index contributed by atoms with van der Waals surface area (Å²) < 4.78 is 18.5. The van der Waals surface area contributed by atoms with E-state index in [9.17, 15) is 9.18 Å². The molecule has 1 unspecified atom stereocenters. The number of likely N-dealkylation sites (tertiary alicyclic amines) is 1. The highest BCUT2D eigenvalue weighted by atomic mass is 79.9. The van der Waals surface area contributed by atoms with Gasteiger partial charge in [-0.1, -0.05) is 44.0 Å². The average Bonchev–Trinajstić information content (AvgIpc) is 2.39. The number of amides is 1. The lowest BCUT2D eigenvalue weighted by molar-refractivity contribution is -0.0833. The molecule has 1 spiro atoms. The molecule has 3 nitrogen and oxygen atoms in total. The van der Waals surface area contributed by atoms with Gasteiger partial charge in [-0.3, -0.25) is 0 Å². The second-order valence-corrected chi connectivity index (χ2v) is 10.6. The molecule has 24 heavy (non-hydrogen) atoms. The van der Waals surface area contributed by atoms with Gasteiger partial charge in [0.1, 0.15) is 11.4 Å². The Hall–Kier alpha value is -0.620. The molecule has 1 aliphatic carbocycles. The smallest absolute Gasteiger partial charge is 0.410 e. The second-order valence-electron chi connectivity index (χ2n) is 8.14. The van der Waals surface area contributed by atoms with Crippen LogP contribution in [0.2, 0.25) is 0 Å². The molecule has 1 heterocycles. The van der Waals surface area contributed by atoms with Crippen LogP contribution < -0.4 is 0 Å². The van der Waals surface area contributed by atoms with Crippen molar-refractivity contribution in [2.45, 2.75) is 48.4 Å². The lowest BCUT2D eigenvalue weighted by Crippen LogP contribution is -2.68. The summed E-state index contributed by atoms with van der Waals surface area (Å²) in [6.07, 6.45) is 1.73. The van der Waals surface area contributed by atoms with Crippen molar-refractivity contribution in [3.63, 3.8) is 0 Å². The first-order valence-electron chi connectivity index (χ1n) is 8.08. The number of hydrogen-bond acceptors (Lipinski definition) is 2. The topological polar surface area (TPSA) is 29.5 Å². The van der Waals surface area contributed by atoms with Crippen molar-refractivity contribution in [3.05, 3.63) is 35.6 Å². The molecule has 3 rings (SSSR count). The fourth-order valence-corrected chi connectivity index (χ4v) is 5.83. The van der Waals surface area contributed by atoms with Crippen LogP contribution in [-0.2, 0) is 4.74 Å². The molecule has 0 bridgehead atoms. The molecule has 132 valence electrons. The first kappa shape index (κ1) is 18.2. The van der Waals surface area contributed by atoms with Gasteiger partial charge in [-0.05, 0) is 51.3 Å². The van der Waals surface area contributed by atoms with Gasteiger partial charge >= 0.3 is 6.09 Å². The van der Waals surface area contributed by atoms with Crippen LogP contribution >= 0.6 is 31.9 Å². The SMILES string of the molecule is CC(C)(C)OC(=O)N1CC2(C1)CC(Br)(C(Br)c1ccc(F)cc1)C2. The summed E-state index contributed by atoms with van der Waals surface area (Å²) in [5.41, 5.74) is 0.792.